The van der Waals surface area contributed by atoms with Gasteiger partial charge in [-0.15, -0.1) is 0 Å². The van der Waals surface area contributed by atoms with Crippen molar-refractivity contribution in [3.05, 3.63) is 83.4 Å². The molecule has 152 valence electrons. The Bertz CT molecular complexity index is 1030. The molecule has 2 amide bonds. The summed E-state index contributed by atoms with van der Waals surface area (Å²) in [5, 5.41) is 1.76. The SMILES string of the molecule is O=C1c2cccc3cccc(c23)C(=O)N1CCC1CCN(Cc2ccccc2)CC1. The van der Waals surface area contributed by atoms with Gasteiger partial charge in [0.1, 0.15) is 0 Å². The molecule has 2 aliphatic rings. The number of likely N-dealkylation sites (tertiary alicyclic amines) is 1. The van der Waals surface area contributed by atoms with Gasteiger partial charge in [-0.25, -0.2) is 0 Å². The second-order valence-electron chi connectivity index (χ2n) is 8.46. The van der Waals surface area contributed by atoms with Crippen LogP contribution in [-0.2, 0) is 6.54 Å². The molecule has 4 nitrogen and oxygen atoms in total. The quantitative estimate of drug-likeness (QED) is 0.583. The topological polar surface area (TPSA) is 40.6 Å². The molecule has 3 aromatic rings. The number of hydrogen-bond acceptors (Lipinski definition) is 3. The van der Waals surface area contributed by atoms with Crippen molar-refractivity contribution in [1.29, 1.82) is 0 Å². The second-order valence-corrected chi connectivity index (χ2v) is 8.46. The molecule has 0 N–H and O–H groups in total. The zero-order valence-corrected chi connectivity index (χ0v) is 17.1. The van der Waals surface area contributed by atoms with Crippen LogP contribution in [-0.4, -0.2) is 41.2 Å². The summed E-state index contributed by atoms with van der Waals surface area (Å²) in [7, 11) is 0. The van der Waals surface area contributed by atoms with Crippen LogP contribution in [0.3, 0.4) is 0 Å². The summed E-state index contributed by atoms with van der Waals surface area (Å²) < 4.78 is 0. The van der Waals surface area contributed by atoms with E-state index in [2.05, 4.69) is 35.2 Å². The zero-order valence-electron chi connectivity index (χ0n) is 17.1. The smallest absolute Gasteiger partial charge is 0.261 e. The number of piperidine rings is 1. The lowest BCUT2D eigenvalue weighted by atomic mass is 9.91. The van der Waals surface area contributed by atoms with Crippen molar-refractivity contribution in [3.63, 3.8) is 0 Å². The third-order valence-corrected chi connectivity index (χ3v) is 6.57. The van der Waals surface area contributed by atoms with E-state index in [1.54, 1.807) is 0 Å². The van der Waals surface area contributed by atoms with Gasteiger partial charge in [-0.3, -0.25) is 19.4 Å². The van der Waals surface area contributed by atoms with E-state index in [1.807, 2.05) is 36.4 Å². The second kappa shape index (κ2) is 8.04. The van der Waals surface area contributed by atoms with E-state index in [-0.39, 0.29) is 11.8 Å². The van der Waals surface area contributed by atoms with Gasteiger partial charge in [0.15, 0.2) is 0 Å². The van der Waals surface area contributed by atoms with E-state index in [4.69, 9.17) is 0 Å². The van der Waals surface area contributed by atoms with Crippen LogP contribution in [0.2, 0.25) is 0 Å². The van der Waals surface area contributed by atoms with E-state index < -0.39 is 0 Å². The number of rotatable bonds is 5. The first kappa shape index (κ1) is 19.0. The molecular weight excluding hydrogens is 372 g/mol. The molecule has 2 heterocycles. The first-order chi connectivity index (χ1) is 14.7. The first-order valence-electron chi connectivity index (χ1n) is 10.8. The van der Waals surface area contributed by atoms with Gasteiger partial charge >= 0.3 is 0 Å². The predicted octanol–water partition coefficient (Wildman–Crippen LogP) is 4.74. The minimum Gasteiger partial charge on any atom is -0.299 e. The van der Waals surface area contributed by atoms with E-state index in [1.165, 1.54) is 10.5 Å². The largest absolute Gasteiger partial charge is 0.299 e. The molecule has 1 saturated heterocycles. The third kappa shape index (κ3) is 3.52. The Morgan fingerprint density at radius 1 is 0.767 bits per heavy atom. The molecule has 0 atom stereocenters. The highest BCUT2D eigenvalue weighted by atomic mass is 16.2. The Kier molecular flexibility index (Phi) is 5.09. The van der Waals surface area contributed by atoms with Crippen LogP contribution in [0.5, 0.6) is 0 Å². The lowest BCUT2D eigenvalue weighted by Crippen LogP contribution is -2.42. The van der Waals surface area contributed by atoms with Crippen LogP contribution in [0.4, 0.5) is 0 Å². The molecular formula is C26H26N2O2. The van der Waals surface area contributed by atoms with Gasteiger partial charge in [-0.05, 0) is 61.4 Å². The molecule has 0 aliphatic carbocycles. The van der Waals surface area contributed by atoms with Crippen LogP contribution in [0.15, 0.2) is 66.7 Å². The fourth-order valence-corrected chi connectivity index (χ4v) is 4.87. The summed E-state index contributed by atoms with van der Waals surface area (Å²) in [6.45, 7) is 3.65. The van der Waals surface area contributed by atoms with Crippen LogP contribution in [0, 0.1) is 5.92 Å². The Labute approximate surface area is 177 Å². The van der Waals surface area contributed by atoms with Crippen LogP contribution in [0.25, 0.3) is 10.8 Å². The molecule has 2 aliphatic heterocycles. The summed E-state index contributed by atoms with van der Waals surface area (Å²) in [6, 6.07) is 22.0. The van der Waals surface area contributed by atoms with Gasteiger partial charge in [-0.2, -0.15) is 0 Å². The molecule has 0 spiro atoms. The van der Waals surface area contributed by atoms with Crippen LogP contribution < -0.4 is 0 Å². The van der Waals surface area contributed by atoms with Crippen LogP contribution in [0.1, 0.15) is 45.5 Å². The van der Waals surface area contributed by atoms with E-state index in [0.29, 0.717) is 23.6 Å². The van der Waals surface area contributed by atoms with Crippen molar-refractivity contribution in [1.82, 2.24) is 9.80 Å². The molecule has 3 aromatic carbocycles. The summed E-state index contributed by atoms with van der Waals surface area (Å²) in [4.78, 5) is 30.0. The Hall–Kier alpha value is -2.98. The summed E-state index contributed by atoms with van der Waals surface area (Å²) in [5.41, 5.74) is 2.66. The molecule has 0 bridgehead atoms. The Morgan fingerprint density at radius 2 is 1.40 bits per heavy atom. The van der Waals surface area contributed by atoms with Crippen molar-refractivity contribution >= 4 is 22.6 Å². The standard InChI is InChI=1S/C26H26N2O2/c29-25-22-10-4-8-21-9-5-11-23(24(21)22)26(30)28(25)17-14-19-12-15-27(16-13-19)18-20-6-2-1-3-7-20/h1-11,19H,12-18H2. The summed E-state index contributed by atoms with van der Waals surface area (Å²) in [6.07, 6.45) is 3.12. The average molecular weight is 399 g/mol. The first-order valence-corrected chi connectivity index (χ1v) is 10.8. The average Bonchev–Trinajstić information content (AvgIpc) is 2.79. The zero-order chi connectivity index (χ0) is 20.5. The van der Waals surface area contributed by atoms with E-state index in [9.17, 15) is 9.59 Å². The minimum atomic E-state index is -0.147. The molecule has 0 aromatic heterocycles. The van der Waals surface area contributed by atoms with Gasteiger partial charge in [-0.1, -0.05) is 54.6 Å². The number of hydrogen-bond donors (Lipinski definition) is 0. The molecule has 0 radical (unpaired) electrons. The number of carbonyl (C=O) groups excluding carboxylic acids is 2. The number of amides is 2. The van der Waals surface area contributed by atoms with Gasteiger partial charge in [0, 0.05) is 29.6 Å². The number of imide groups is 1. The van der Waals surface area contributed by atoms with Gasteiger partial charge in [0.25, 0.3) is 11.8 Å². The number of nitrogens with zero attached hydrogens (tertiary/aromatic N) is 2. The predicted molar refractivity (Wildman–Crippen MR) is 118 cm³/mol. The molecule has 5 rings (SSSR count). The van der Waals surface area contributed by atoms with Crippen molar-refractivity contribution in [2.45, 2.75) is 25.8 Å². The van der Waals surface area contributed by atoms with Crippen molar-refractivity contribution < 1.29 is 9.59 Å². The lowest BCUT2D eigenvalue weighted by molar-refractivity contribution is 0.0592. The van der Waals surface area contributed by atoms with E-state index >= 15 is 0 Å². The summed E-state index contributed by atoms with van der Waals surface area (Å²) in [5.74, 6) is 0.266. The van der Waals surface area contributed by atoms with Gasteiger partial charge in [0.05, 0.1) is 0 Å². The maximum atomic E-state index is 13.0. The highest BCUT2D eigenvalue weighted by molar-refractivity contribution is 6.25. The molecule has 4 heteroatoms. The fraction of sp³-hybridized carbons (Fsp3) is 0.308. The van der Waals surface area contributed by atoms with E-state index in [0.717, 1.165) is 49.7 Å². The molecule has 0 saturated carbocycles. The number of benzene rings is 3. The maximum absolute atomic E-state index is 13.0. The normalized spacial score (nSPS) is 17.7. The van der Waals surface area contributed by atoms with Crippen LogP contribution >= 0.6 is 0 Å². The fourth-order valence-electron chi connectivity index (χ4n) is 4.87. The monoisotopic (exact) mass is 398 g/mol. The number of carbonyl (C=O) groups is 2. The highest BCUT2D eigenvalue weighted by Gasteiger charge is 2.33. The highest BCUT2D eigenvalue weighted by Crippen LogP contribution is 2.31. The third-order valence-electron chi connectivity index (χ3n) is 6.57. The van der Waals surface area contributed by atoms with Gasteiger partial charge < -0.3 is 0 Å². The Morgan fingerprint density at radius 3 is 2.03 bits per heavy atom. The lowest BCUT2D eigenvalue weighted by Gasteiger charge is -2.33. The Balaban J connectivity index is 1.21. The minimum absolute atomic E-state index is 0.147. The van der Waals surface area contributed by atoms with Gasteiger partial charge in [0.2, 0.25) is 0 Å². The summed E-state index contributed by atoms with van der Waals surface area (Å²) >= 11 is 0. The van der Waals surface area contributed by atoms with Crippen molar-refractivity contribution in [3.8, 4) is 0 Å². The maximum Gasteiger partial charge on any atom is 0.261 e. The molecule has 1 fully saturated rings. The van der Waals surface area contributed by atoms with Crippen molar-refractivity contribution in [2.75, 3.05) is 19.6 Å². The molecule has 0 unspecified atom stereocenters. The van der Waals surface area contributed by atoms with Crippen molar-refractivity contribution in [2.24, 2.45) is 5.92 Å². The molecule has 30 heavy (non-hydrogen) atoms.